The third-order valence-corrected chi connectivity index (χ3v) is 3.10. The first-order chi connectivity index (χ1) is 8.43. The van der Waals surface area contributed by atoms with E-state index in [1.807, 2.05) is 30.3 Å². The molecular formula is C15H23NO2. The highest BCUT2D eigenvalue weighted by Gasteiger charge is 2.27. The Kier molecular flexibility index (Phi) is 5.35. The van der Waals surface area contributed by atoms with Crippen LogP contribution in [0.1, 0.15) is 45.7 Å². The van der Waals surface area contributed by atoms with Crippen LogP contribution in [0.5, 0.6) is 0 Å². The Hall–Kier alpha value is -1.35. The highest BCUT2D eigenvalue weighted by molar-refractivity contribution is 5.68. The lowest BCUT2D eigenvalue weighted by Gasteiger charge is -2.37. The van der Waals surface area contributed by atoms with E-state index in [0.717, 1.165) is 5.56 Å². The minimum Gasteiger partial charge on any atom is -0.481 e. The number of rotatable bonds is 6. The molecule has 1 rings (SSSR count). The minimum atomic E-state index is -0.754. The summed E-state index contributed by atoms with van der Waals surface area (Å²) in [6, 6.07) is 10.5. The van der Waals surface area contributed by atoms with Gasteiger partial charge in [-0.25, -0.2) is 0 Å². The van der Waals surface area contributed by atoms with Crippen LogP contribution in [0.15, 0.2) is 30.3 Å². The summed E-state index contributed by atoms with van der Waals surface area (Å²) in [5.74, 6) is -0.754. The predicted octanol–water partition coefficient (Wildman–Crippen LogP) is 3.32. The molecule has 1 unspecified atom stereocenters. The summed E-state index contributed by atoms with van der Waals surface area (Å²) in [6.45, 7) is 8.44. The van der Waals surface area contributed by atoms with Gasteiger partial charge in [0, 0.05) is 18.1 Å². The fourth-order valence-corrected chi connectivity index (χ4v) is 2.55. The van der Waals surface area contributed by atoms with Crippen LogP contribution in [-0.4, -0.2) is 28.1 Å². The Morgan fingerprint density at radius 3 is 2.00 bits per heavy atom. The first-order valence-corrected chi connectivity index (χ1v) is 6.47. The summed E-state index contributed by atoms with van der Waals surface area (Å²) < 4.78 is 0. The molecule has 0 heterocycles. The lowest BCUT2D eigenvalue weighted by Crippen LogP contribution is -2.41. The number of carbonyl (C=O) groups is 1. The molecule has 0 fully saturated rings. The van der Waals surface area contributed by atoms with E-state index in [2.05, 4.69) is 32.6 Å². The van der Waals surface area contributed by atoms with Crippen molar-refractivity contribution in [1.29, 1.82) is 0 Å². The van der Waals surface area contributed by atoms with Gasteiger partial charge in [0.2, 0.25) is 0 Å². The summed E-state index contributed by atoms with van der Waals surface area (Å²) in [6.07, 6.45) is 0.139. The number of carboxylic acids is 1. The van der Waals surface area contributed by atoms with Crippen molar-refractivity contribution in [2.24, 2.45) is 0 Å². The summed E-state index contributed by atoms with van der Waals surface area (Å²) >= 11 is 0. The third-order valence-electron chi connectivity index (χ3n) is 3.10. The number of carboxylic acid groups (broad SMARTS) is 1. The molecule has 3 nitrogen and oxygen atoms in total. The SMILES string of the molecule is CC(C)N(C(C)C)C(CC(=O)O)c1ccccc1. The van der Waals surface area contributed by atoms with Crippen LogP contribution in [0, 0.1) is 0 Å². The van der Waals surface area contributed by atoms with Gasteiger partial charge in [-0.15, -0.1) is 0 Å². The number of aliphatic carboxylic acids is 1. The molecule has 0 aliphatic carbocycles. The van der Waals surface area contributed by atoms with Gasteiger partial charge in [-0.05, 0) is 33.3 Å². The van der Waals surface area contributed by atoms with Crippen LogP contribution in [-0.2, 0) is 4.79 Å². The molecule has 100 valence electrons. The fraction of sp³-hybridized carbons (Fsp3) is 0.533. The van der Waals surface area contributed by atoms with Gasteiger partial charge in [0.15, 0.2) is 0 Å². The number of hydrogen-bond acceptors (Lipinski definition) is 2. The van der Waals surface area contributed by atoms with Crippen molar-refractivity contribution in [3.05, 3.63) is 35.9 Å². The maximum absolute atomic E-state index is 11.1. The average molecular weight is 249 g/mol. The van der Waals surface area contributed by atoms with Gasteiger partial charge in [-0.1, -0.05) is 30.3 Å². The van der Waals surface area contributed by atoms with Crippen molar-refractivity contribution in [2.75, 3.05) is 0 Å². The van der Waals surface area contributed by atoms with Crippen LogP contribution in [0.25, 0.3) is 0 Å². The standard InChI is InChI=1S/C15H23NO2/c1-11(2)16(12(3)4)14(10-15(17)18)13-8-6-5-7-9-13/h5-9,11-12,14H,10H2,1-4H3,(H,17,18). The Morgan fingerprint density at radius 2 is 1.61 bits per heavy atom. The van der Waals surface area contributed by atoms with Gasteiger partial charge in [0.05, 0.1) is 6.42 Å². The largest absolute Gasteiger partial charge is 0.481 e. The van der Waals surface area contributed by atoms with Gasteiger partial charge < -0.3 is 5.11 Å². The van der Waals surface area contributed by atoms with Crippen molar-refractivity contribution in [2.45, 2.75) is 52.2 Å². The normalized spacial score (nSPS) is 13.3. The quantitative estimate of drug-likeness (QED) is 0.840. The summed E-state index contributed by atoms with van der Waals surface area (Å²) in [4.78, 5) is 13.4. The van der Waals surface area contributed by atoms with E-state index in [0.29, 0.717) is 12.1 Å². The van der Waals surface area contributed by atoms with E-state index in [9.17, 15) is 4.79 Å². The Labute approximate surface area is 109 Å². The molecular weight excluding hydrogens is 226 g/mol. The van der Waals surface area contributed by atoms with E-state index in [-0.39, 0.29) is 12.5 Å². The topological polar surface area (TPSA) is 40.5 Å². The molecule has 18 heavy (non-hydrogen) atoms. The molecule has 0 saturated carbocycles. The zero-order chi connectivity index (χ0) is 13.7. The van der Waals surface area contributed by atoms with Gasteiger partial charge in [0.25, 0.3) is 0 Å². The molecule has 1 aromatic carbocycles. The molecule has 0 radical (unpaired) electrons. The highest BCUT2D eigenvalue weighted by Crippen LogP contribution is 2.28. The fourth-order valence-electron chi connectivity index (χ4n) is 2.55. The molecule has 1 N–H and O–H groups in total. The van der Waals surface area contributed by atoms with Crippen molar-refractivity contribution in [1.82, 2.24) is 4.90 Å². The Bertz CT molecular complexity index is 365. The predicted molar refractivity (Wildman–Crippen MR) is 73.5 cm³/mol. The van der Waals surface area contributed by atoms with Gasteiger partial charge in [0.1, 0.15) is 0 Å². The van der Waals surface area contributed by atoms with Crippen LogP contribution in [0.2, 0.25) is 0 Å². The first kappa shape index (κ1) is 14.7. The van der Waals surface area contributed by atoms with E-state index in [1.165, 1.54) is 0 Å². The van der Waals surface area contributed by atoms with Crippen LogP contribution in [0.3, 0.4) is 0 Å². The monoisotopic (exact) mass is 249 g/mol. The van der Waals surface area contributed by atoms with Crippen molar-refractivity contribution in [3.63, 3.8) is 0 Å². The molecule has 0 saturated heterocycles. The van der Waals surface area contributed by atoms with Crippen LogP contribution in [0.4, 0.5) is 0 Å². The highest BCUT2D eigenvalue weighted by atomic mass is 16.4. The Morgan fingerprint density at radius 1 is 1.11 bits per heavy atom. The summed E-state index contributed by atoms with van der Waals surface area (Å²) in [5, 5.41) is 9.13. The molecule has 0 aliphatic rings. The van der Waals surface area contributed by atoms with Crippen molar-refractivity contribution < 1.29 is 9.90 Å². The average Bonchev–Trinajstić information content (AvgIpc) is 2.27. The van der Waals surface area contributed by atoms with E-state index < -0.39 is 5.97 Å². The molecule has 3 heteroatoms. The lowest BCUT2D eigenvalue weighted by atomic mass is 9.99. The van der Waals surface area contributed by atoms with Crippen molar-refractivity contribution in [3.8, 4) is 0 Å². The van der Waals surface area contributed by atoms with Gasteiger partial charge in [-0.2, -0.15) is 0 Å². The summed E-state index contributed by atoms with van der Waals surface area (Å²) in [7, 11) is 0. The van der Waals surface area contributed by atoms with Crippen molar-refractivity contribution >= 4 is 5.97 Å². The molecule has 1 atom stereocenters. The van der Waals surface area contributed by atoms with Gasteiger partial charge in [-0.3, -0.25) is 9.69 Å². The zero-order valence-electron chi connectivity index (χ0n) is 11.6. The first-order valence-electron chi connectivity index (χ1n) is 6.47. The van der Waals surface area contributed by atoms with E-state index in [4.69, 9.17) is 5.11 Å². The smallest absolute Gasteiger partial charge is 0.305 e. The van der Waals surface area contributed by atoms with E-state index in [1.54, 1.807) is 0 Å². The molecule has 0 spiro atoms. The van der Waals surface area contributed by atoms with Crippen LogP contribution < -0.4 is 0 Å². The second-order valence-corrected chi connectivity index (χ2v) is 5.16. The number of nitrogens with zero attached hydrogens (tertiary/aromatic N) is 1. The second-order valence-electron chi connectivity index (χ2n) is 5.16. The number of hydrogen-bond donors (Lipinski definition) is 1. The third kappa shape index (κ3) is 3.84. The molecule has 0 bridgehead atoms. The molecule has 0 aliphatic heterocycles. The van der Waals surface area contributed by atoms with E-state index >= 15 is 0 Å². The zero-order valence-corrected chi connectivity index (χ0v) is 11.6. The molecule has 0 aromatic heterocycles. The number of benzene rings is 1. The minimum absolute atomic E-state index is 0.0660. The van der Waals surface area contributed by atoms with Gasteiger partial charge >= 0.3 is 5.97 Å². The maximum atomic E-state index is 11.1. The second kappa shape index (κ2) is 6.55. The lowest BCUT2D eigenvalue weighted by molar-refractivity contribution is -0.139. The van der Waals surface area contributed by atoms with Crippen LogP contribution >= 0.6 is 0 Å². The maximum Gasteiger partial charge on any atom is 0.305 e. The molecule has 1 aromatic rings. The Balaban J connectivity index is 3.07. The molecule has 0 amide bonds. The summed E-state index contributed by atoms with van der Waals surface area (Å²) in [5.41, 5.74) is 1.07.